The summed E-state index contributed by atoms with van der Waals surface area (Å²) in [6, 6.07) is 8.44. The van der Waals surface area contributed by atoms with Crippen LogP contribution in [0.3, 0.4) is 0 Å². The lowest BCUT2D eigenvalue weighted by Gasteiger charge is -2.05. The first-order valence-electron chi connectivity index (χ1n) is 8.59. The lowest BCUT2D eigenvalue weighted by atomic mass is 10.1. The summed E-state index contributed by atoms with van der Waals surface area (Å²) in [6.45, 7) is 2.11. The summed E-state index contributed by atoms with van der Waals surface area (Å²) in [7, 11) is 0. The van der Waals surface area contributed by atoms with Gasteiger partial charge in [-0.1, -0.05) is 6.07 Å². The van der Waals surface area contributed by atoms with E-state index in [9.17, 15) is 9.59 Å². The highest BCUT2D eigenvalue weighted by atomic mass is 32.1. The minimum absolute atomic E-state index is 0.0811. The fourth-order valence-electron chi connectivity index (χ4n) is 2.48. The van der Waals surface area contributed by atoms with Crippen LogP contribution in [0.5, 0.6) is 0 Å². The molecule has 1 N–H and O–H groups in total. The number of nitriles is 1. The zero-order valence-corrected chi connectivity index (χ0v) is 16.0. The number of thiazole rings is 1. The monoisotopic (exact) mass is 391 g/mol. The van der Waals surface area contributed by atoms with Crippen LogP contribution in [-0.4, -0.2) is 26.6 Å². The Morgan fingerprint density at radius 1 is 1.18 bits per heavy atom. The van der Waals surface area contributed by atoms with Gasteiger partial charge in [-0.25, -0.2) is 9.97 Å². The number of nitrogens with zero attached hydrogens (tertiary/aromatic N) is 4. The summed E-state index contributed by atoms with van der Waals surface area (Å²) >= 11 is 1.58. The maximum absolute atomic E-state index is 12.2. The number of nitrogens with one attached hydrogen (secondary N) is 1. The van der Waals surface area contributed by atoms with E-state index in [0.717, 1.165) is 9.88 Å². The van der Waals surface area contributed by atoms with E-state index in [0.29, 0.717) is 35.4 Å². The quantitative estimate of drug-likeness (QED) is 0.620. The van der Waals surface area contributed by atoms with Gasteiger partial charge in [-0.3, -0.25) is 14.6 Å². The molecule has 2 heterocycles. The maximum Gasteiger partial charge on any atom is 0.251 e. The van der Waals surface area contributed by atoms with E-state index in [1.807, 2.05) is 13.0 Å². The summed E-state index contributed by atoms with van der Waals surface area (Å²) in [4.78, 5) is 38.0. The van der Waals surface area contributed by atoms with Crippen molar-refractivity contribution in [3.63, 3.8) is 0 Å². The van der Waals surface area contributed by atoms with E-state index in [1.54, 1.807) is 35.7 Å². The van der Waals surface area contributed by atoms with Crippen molar-refractivity contribution in [2.24, 2.45) is 0 Å². The average molecular weight is 391 g/mol. The zero-order valence-electron chi connectivity index (χ0n) is 15.2. The average Bonchev–Trinajstić information content (AvgIpc) is 3.15. The molecule has 28 heavy (non-hydrogen) atoms. The van der Waals surface area contributed by atoms with Crippen LogP contribution >= 0.6 is 11.3 Å². The highest BCUT2D eigenvalue weighted by Crippen LogP contribution is 2.14. The smallest absolute Gasteiger partial charge is 0.251 e. The molecule has 8 heteroatoms. The predicted molar refractivity (Wildman–Crippen MR) is 104 cm³/mol. The third-order valence-electron chi connectivity index (χ3n) is 3.94. The van der Waals surface area contributed by atoms with Crippen LogP contribution in [0.4, 0.5) is 0 Å². The number of rotatable bonds is 7. The lowest BCUT2D eigenvalue weighted by Crippen LogP contribution is -2.23. The van der Waals surface area contributed by atoms with Gasteiger partial charge in [0.25, 0.3) is 5.91 Å². The molecule has 3 aromatic rings. The third kappa shape index (κ3) is 5.05. The SMILES string of the molecule is Cc1ncc(CCC(=O)c2cnc(CNC(=O)c3cccc(C#N)c3)cn2)s1. The molecule has 0 aliphatic carbocycles. The topological polar surface area (TPSA) is 109 Å². The molecule has 0 aliphatic rings. The second-order valence-corrected chi connectivity index (χ2v) is 7.36. The number of amides is 1. The van der Waals surface area contributed by atoms with Crippen LogP contribution in [0, 0.1) is 18.3 Å². The summed E-state index contributed by atoms with van der Waals surface area (Å²) in [5, 5.41) is 12.6. The normalized spacial score (nSPS) is 10.3. The first-order valence-corrected chi connectivity index (χ1v) is 9.40. The number of ketones is 1. The Labute approximate surface area is 166 Å². The van der Waals surface area contributed by atoms with Crippen molar-refractivity contribution in [3.8, 4) is 6.07 Å². The van der Waals surface area contributed by atoms with E-state index in [-0.39, 0.29) is 18.2 Å². The van der Waals surface area contributed by atoms with Crippen LogP contribution in [0.25, 0.3) is 0 Å². The van der Waals surface area contributed by atoms with Crippen LogP contribution in [0.2, 0.25) is 0 Å². The van der Waals surface area contributed by atoms with Crippen LogP contribution in [0.15, 0.2) is 42.9 Å². The Morgan fingerprint density at radius 2 is 2.04 bits per heavy atom. The molecule has 1 aromatic carbocycles. The van der Waals surface area contributed by atoms with Gasteiger partial charge in [0.1, 0.15) is 5.69 Å². The molecule has 0 saturated carbocycles. The Morgan fingerprint density at radius 3 is 2.71 bits per heavy atom. The van der Waals surface area contributed by atoms with Gasteiger partial charge in [-0.05, 0) is 31.5 Å². The highest BCUT2D eigenvalue weighted by Gasteiger charge is 2.11. The summed E-state index contributed by atoms with van der Waals surface area (Å²) < 4.78 is 0. The number of aryl methyl sites for hydroxylation is 2. The minimum Gasteiger partial charge on any atom is -0.346 e. The van der Waals surface area contributed by atoms with Crippen molar-refractivity contribution in [2.75, 3.05) is 0 Å². The van der Waals surface area contributed by atoms with Gasteiger partial charge in [0, 0.05) is 23.1 Å². The number of carbonyl (C=O) groups excluding carboxylic acids is 2. The van der Waals surface area contributed by atoms with Crippen LogP contribution < -0.4 is 5.32 Å². The van der Waals surface area contributed by atoms with Gasteiger partial charge in [-0.2, -0.15) is 5.26 Å². The first-order chi connectivity index (χ1) is 13.5. The molecule has 0 radical (unpaired) electrons. The molecule has 0 bridgehead atoms. The largest absolute Gasteiger partial charge is 0.346 e. The molecule has 0 fully saturated rings. The summed E-state index contributed by atoms with van der Waals surface area (Å²) in [6.07, 6.45) is 5.68. The molecule has 0 unspecified atom stereocenters. The number of Topliss-reactive ketones (excluding diaryl/α,β-unsaturated/α-hetero) is 1. The van der Waals surface area contributed by atoms with E-state index in [2.05, 4.69) is 20.3 Å². The first kappa shape index (κ1) is 19.3. The third-order valence-corrected chi connectivity index (χ3v) is 4.92. The van der Waals surface area contributed by atoms with Gasteiger partial charge in [0.15, 0.2) is 5.78 Å². The second-order valence-electron chi connectivity index (χ2n) is 6.04. The van der Waals surface area contributed by atoms with Crippen molar-refractivity contribution in [3.05, 3.63) is 75.3 Å². The molecule has 3 rings (SSSR count). The van der Waals surface area contributed by atoms with Crippen LogP contribution in [-0.2, 0) is 13.0 Å². The van der Waals surface area contributed by atoms with Crippen molar-refractivity contribution >= 4 is 23.0 Å². The van der Waals surface area contributed by atoms with E-state index >= 15 is 0 Å². The van der Waals surface area contributed by atoms with Gasteiger partial charge in [-0.15, -0.1) is 11.3 Å². The molecule has 0 spiro atoms. The predicted octanol–water partition coefficient (Wildman–Crippen LogP) is 2.86. The fraction of sp³-hybridized carbons (Fsp3) is 0.200. The van der Waals surface area contributed by atoms with Crippen LogP contribution in [0.1, 0.15) is 48.4 Å². The Bertz CT molecular complexity index is 1040. The number of benzene rings is 1. The fourth-order valence-corrected chi connectivity index (χ4v) is 3.27. The Balaban J connectivity index is 1.53. The molecule has 2 aromatic heterocycles. The molecular formula is C20H17N5O2S. The highest BCUT2D eigenvalue weighted by molar-refractivity contribution is 7.11. The van der Waals surface area contributed by atoms with E-state index < -0.39 is 0 Å². The number of hydrogen-bond acceptors (Lipinski definition) is 7. The number of aromatic nitrogens is 3. The van der Waals surface area contributed by atoms with E-state index in [4.69, 9.17) is 5.26 Å². The summed E-state index contributed by atoms with van der Waals surface area (Å²) in [5.74, 6) is -0.388. The number of carbonyl (C=O) groups is 2. The molecule has 0 atom stereocenters. The summed E-state index contributed by atoms with van der Waals surface area (Å²) in [5.41, 5.74) is 1.67. The maximum atomic E-state index is 12.2. The second kappa shape index (κ2) is 8.97. The van der Waals surface area contributed by atoms with Crippen molar-refractivity contribution in [1.82, 2.24) is 20.3 Å². The molecular weight excluding hydrogens is 374 g/mol. The molecule has 0 aliphatic heterocycles. The van der Waals surface area contributed by atoms with E-state index in [1.165, 1.54) is 18.5 Å². The Hall–Kier alpha value is -3.44. The van der Waals surface area contributed by atoms with Gasteiger partial charge < -0.3 is 5.32 Å². The molecule has 0 saturated heterocycles. The van der Waals surface area contributed by atoms with Crippen molar-refractivity contribution in [2.45, 2.75) is 26.3 Å². The minimum atomic E-state index is -0.307. The standard InChI is InChI=1S/C20H17N5O2S/c1-13-22-11-17(28-13)5-6-19(26)18-12-23-16(9-24-18)10-25-20(27)15-4-2-3-14(7-15)8-21/h2-4,7,9,11-12H,5-6,10H2,1H3,(H,25,27). The van der Waals surface area contributed by atoms with Gasteiger partial charge in [0.2, 0.25) is 0 Å². The van der Waals surface area contributed by atoms with Gasteiger partial charge in [0.05, 0.1) is 41.3 Å². The molecule has 140 valence electrons. The number of hydrogen-bond donors (Lipinski definition) is 1. The molecule has 7 nitrogen and oxygen atoms in total. The Kier molecular flexibility index (Phi) is 6.19. The van der Waals surface area contributed by atoms with Crippen molar-refractivity contribution in [1.29, 1.82) is 5.26 Å². The molecule has 1 amide bonds. The lowest BCUT2D eigenvalue weighted by molar-refractivity contribution is 0.0947. The van der Waals surface area contributed by atoms with Crippen molar-refractivity contribution < 1.29 is 9.59 Å². The zero-order chi connectivity index (χ0) is 19.9. The van der Waals surface area contributed by atoms with Gasteiger partial charge >= 0.3 is 0 Å².